The quantitative estimate of drug-likeness (QED) is 0.391. The average Bonchev–Trinajstić information content (AvgIpc) is 2.69. The molecule has 0 fully saturated rings. The summed E-state index contributed by atoms with van der Waals surface area (Å²) in [5, 5.41) is 0.826. The van der Waals surface area contributed by atoms with Gasteiger partial charge in [0.15, 0.2) is 0 Å². The molecule has 3 aromatic rings. The summed E-state index contributed by atoms with van der Waals surface area (Å²) in [4.78, 5) is 0. The maximum absolute atomic E-state index is 15.3. The third kappa shape index (κ3) is 4.80. The first-order valence-corrected chi connectivity index (χ1v) is 9.21. The SMILES string of the molecule is CC=CCOc1ccc(-c2c(OC(F)F)cc3cc(/C=C/C)ccc3c2F)cc1. The van der Waals surface area contributed by atoms with Gasteiger partial charge >= 0.3 is 6.61 Å². The molecule has 0 aliphatic carbocycles. The third-order valence-corrected chi connectivity index (χ3v) is 4.36. The van der Waals surface area contributed by atoms with Gasteiger partial charge < -0.3 is 9.47 Å². The van der Waals surface area contributed by atoms with Crippen molar-refractivity contribution in [1.29, 1.82) is 0 Å². The molecule has 0 saturated carbocycles. The number of benzene rings is 3. The van der Waals surface area contributed by atoms with E-state index < -0.39 is 12.4 Å². The highest BCUT2D eigenvalue weighted by Gasteiger charge is 2.19. The Morgan fingerprint density at radius 1 is 0.966 bits per heavy atom. The van der Waals surface area contributed by atoms with E-state index in [1.807, 2.05) is 38.2 Å². The number of hydrogen-bond donors (Lipinski definition) is 0. The van der Waals surface area contributed by atoms with E-state index >= 15 is 4.39 Å². The number of alkyl halides is 2. The van der Waals surface area contributed by atoms with Gasteiger partial charge in [0.25, 0.3) is 0 Å². The molecule has 0 unspecified atom stereocenters. The molecule has 0 atom stereocenters. The molecule has 0 spiro atoms. The fraction of sp³-hybridized carbons (Fsp3) is 0.167. The third-order valence-electron chi connectivity index (χ3n) is 4.36. The molecule has 3 rings (SSSR count). The number of allylic oxidation sites excluding steroid dienone is 2. The van der Waals surface area contributed by atoms with Gasteiger partial charge in [0.05, 0.1) is 5.56 Å². The fourth-order valence-electron chi connectivity index (χ4n) is 3.07. The molecule has 0 radical (unpaired) electrons. The van der Waals surface area contributed by atoms with Crippen LogP contribution in [-0.4, -0.2) is 13.2 Å². The molecule has 0 aromatic heterocycles. The smallest absolute Gasteiger partial charge is 0.387 e. The number of halogens is 3. The van der Waals surface area contributed by atoms with Crippen LogP contribution in [0.15, 0.2) is 66.8 Å². The molecule has 2 nitrogen and oxygen atoms in total. The van der Waals surface area contributed by atoms with Crippen molar-refractivity contribution in [3.05, 3.63) is 78.1 Å². The van der Waals surface area contributed by atoms with Crippen molar-refractivity contribution in [1.82, 2.24) is 0 Å². The van der Waals surface area contributed by atoms with E-state index in [2.05, 4.69) is 4.74 Å². The van der Waals surface area contributed by atoms with E-state index in [-0.39, 0.29) is 11.3 Å². The highest BCUT2D eigenvalue weighted by Crippen LogP contribution is 2.39. The molecule has 0 N–H and O–H groups in total. The van der Waals surface area contributed by atoms with Crippen LogP contribution in [0.5, 0.6) is 11.5 Å². The van der Waals surface area contributed by atoms with Crippen molar-refractivity contribution in [3.8, 4) is 22.6 Å². The minimum absolute atomic E-state index is 0.00316. The Hall–Kier alpha value is -3.21. The molecule has 0 saturated heterocycles. The summed E-state index contributed by atoms with van der Waals surface area (Å²) in [5.41, 5.74) is 1.27. The molecule has 0 amide bonds. The summed E-state index contributed by atoms with van der Waals surface area (Å²) in [6, 6.07) is 13.2. The summed E-state index contributed by atoms with van der Waals surface area (Å²) in [7, 11) is 0. The van der Waals surface area contributed by atoms with E-state index in [1.165, 1.54) is 6.07 Å². The molecule has 3 aromatic carbocycles. The van der Waals surface area contributed by atoms with E-state index in [0.717, 1.165) is 5.56 Å². The summed E-state index contributed by atoms with van der Waals surface area (Å²) >= 11 is 0. The van der Waals surface area contributed by atoms with E-state index in [9.17, 15) is 8.78 Å². The molecule has 29 heavy (non-hydrogen) atoms. The second-order valence-electron chi connectivity index (χ2n) is 6.33. The minimum Gasteiger partial charge on any atom is -0.490 e. The van der Waals surface area contributed by atoms with Gasteiger partial charge in [-0.15, -0.1) is 0 Å². The van der Waals surface area contributed by atoms with Crippen LogP contribution >= 0.6 is 0 Å². The van der Waals surface area contributed by atoms with Crippen molar-refractivity contribution < 1.29 is 22.6 Å². The summed E-state index contributed by atoms with van der Waals surface area (Å²) in [6.07, 6.45) is 7.43. The Morgan fingerprint density at radius 3 is 2.38 bits per heavy atom. The largest absolute Gasteiger partial charge is 0.490 e. The average molecular weight is 398 g/mol. The van der Waals surface area contributed by atoms with Crippen LogP contribution in [-0.2, 0) is 0 Å². The van der Waals surface area contributed by atoms with Gasteiger partial charge in [-0.3, -0.25) is 0 Å². The van der Waals surface area contributed by atoms with Crippen LogP contribution in [0.1, 0.15) is 19.4 Å². The first kappa shape index (κ1) is 20.5. The van der Waals surface area contributed by atoms with Crippen molar-refractivity contribution >= 4 is 16.8 Å². The minimum atomic E-state index is -3.06. The predicted octanol–water partition coefficient (Wildman–Crippen LogP) is 7.24. The topological polar surface area (TPSA) is 18.5 Å². The van der Waals surface area contributed by atoms with Crippen LogP contribution in [0, 0.1) is 5.82 Å². The number of hydrogen-bond acceptors (Lipinski definition) is 2. The van der Waals surface area contributed by atoms with Crippen LogP contribution in [0.2, 0.25) is 0 Å². The maximum Gasteiger partial charge on any atom is 0.387 e. The molecule has 0 heterocycles. The van der Waals surface area contributed by atoms with Crippen molar-refractivity contribution in [2.24, 2.45) is 0 Å². The Kier molecular flexibility index (Phi) is 6.60. The van der Waals surface area contributed by atoms with Crippen LogP contribution < -0.4 is 9.47 Å². The number of fused-ring (bicyclic) bond motifs is 1. The molecule has 0 aliphatic heterocycles. The molecular formula is C24H21F3O2. The highest BCUT2D eigenvalue weighted by atomic mass is 19.3. The van der Waals surface area contributed by atoms with Crippen molar-refractivity contribution in [3.63, 3.8) is 0 Å². The molecule has 150 valence electrons. The fourth-order valence-corrected chi connectivity index (χ4v) is 3.07. The lowest BCUT2D eigenvalue weighted by atomic mass is 9.97. The molecule has 0 aliphatic rings. The normalized spacial score (nSPS) is 11.8. The Morgan fingerprint density at radius 2 is 1.72 bits per heavy atom. The first-order chi connectivity index (χ1) is 14.0. The second-order valence-corrected chi connectivity index (χ2v) is 6.33. The lowest BCUT2D eigenvalue weighted by Crippen LogP contribution is -2.05. The Bertz CT molecular complexity index is 1040. The lowest BCUT2D eigenvalue weighted by Gasteiger charge is -2.15. The first-order valence-electron chi connectivity index (χ1n) is 9.21. The summed E-state index contributed by atoms with van der Waals surface area (Å²) in [5.74, 6) is -0.210. The van der Waals surface area contributed by atoms with E-state index in [1.54, 1.807) is 42.5 Å². The van der Waals surface area contributed by atoms with Gasteiger partial charge in [-0.25, -0.2) is 4.39 Å². The second kappa shape index (κ2) is 9.32. The van der Waals surface area contributed by atoms with Crippen LogP contribution in [0.25, 0.3) is 28.0 Å². The molecule has 0 bridgehead atoms. The predicted molar refractivity (Wildman–Crippen MR) is 111 cm³/mol. The zero-order valence-electron chi connectivity index (χ0n) is 16.2. The van der Waals surface area contributed by atoms with Crippen LogP contribution in [0.3, 0.4) is 0 Å². The van der Waals surface area contributed by atoms with E-state index in [4.69, 9.17) is 4.74 Å². The zero-order chi connectivity index (χ0) is 20.8. The molecule has 5 heteroatoms. The van der Waals surface area contributed by atoms with Gasteiger partial charge in [0, 0.05) is 5.39 Å². The number of ether oxygens (including phenoxy) is 2. The van der Waals surface area contributed by atoms with E-state index in [0.29, 0.717) is 28.7 Å². The standard InChI is InChI=1S/C24H21F3O2/c1-3-5-13-28-19-10-8-17(9-11-19)22-21(29-24(26)27)15-18-14-16(6-4-2)7-12-20(18)23(22)25/h3-12,14-15,24H,13H2,1-2H3/b5-3?,6-4+. The van der Waals surface area contributed by atoms with Gasteiger partial charge in [-0.1, -0.05) is 48.6 Å². The van der Waals surface area contributed by atoms with Gasteiger partial charge in [0.1, 0.15) is 23.9 Å². The maximum atomic E-state index is 15.3. The van der Waals surface area contributed by atoms with Gasteiger partial charge in [-0.2, -0.15) is 8.78 Å². The number of rotatable bonds is 7. The van der Waals surface area contributed by atoms with Gasteiger partial charge in [0.2, 0.25) is 0 Å². The highest BCUT2D eigenvalue weighted by molar-refractivity contribution is 5.93. The zero-order valence-corrected chi connectivity index (χ0v) is 16.2. The Labute approximate surface area is 167 Å². The van der Waals surface area contributed by atoms with Gasteiger partial charge in [-0.05, 0) is 54.6 Å². The van der Waals surface area contributed by atoms with Crippen LogP contribution in [0.4, 0.5) is 13.2 Å². The summed E-state index contributed by atoms with van der Waals surface area (Å²) < 4.78 is 51.6. The Balaban J connectivity index is 2.09. The van der Waals surface area contributed by atoms with Crippen molar-refractivity contribution in [2.75, 3.05) is 6.61 Å². The van der Waals surface area contributed by atoms with Crippen molar-refractivity contribution in [2.45, 2.75) is 20.5 Å². The monoisotopic (exact) mass is 398 g/mol. The molecular weight excluding hydrogens is 377 g/mol. The lowest BCUT2D eigenvalue weighted by molar-refractivity contribution is -0.0494. The summed E-state index contributed by atoms with van der Waals surface area (Å²) in [6.45, 7) is 1.10.